The van der Waals surface area contributed by atoms with Crippen LogP contribution in [0.4, 0.5) is 0 Å². The maximum atomic E-state index is 5.90. The summed E-state index contributed by atoms with van der Waals surface area (Å²) in [6.45, 7) is 2.65. The van der Waals surface area contributed by atoms with E-state index in [0.29, 0.717) is 32.3 Å². The second kappa shape index (κ2) is 6.26. The van der Waals surface area contributed by atoms with E-state index in [4.69, 9.17) is 19.7 Å². The lowest BCUT2D eigenvalue weighted by molar-refractivity contribution is 0.0409. The summed E-state index contributed by atoms with van der Waals surface area (Å²) in [6, 6.07) is 0. The molecule has 1 saturated heterocycles. The number of aryl methyl sites for hydroxylation is 1. The molecule has 2 N–H and O–H groups in total. The third kappa shape index (κ3) is 2.88. The average Bonchev–Trinajstić information content (AvgIpc) is 2.89. The molecule has 1 aliphatic heterocycles. The van der Waals surface area contributed by atoms with Gasteiger partial charge in [0.25, 0.3) is 0 Å². The topological polar surface area (TPSA) is 83.4 Å². The molecular weight excluding hydrogens is 234 g/mol. The summed E-state index contributed by atoms with van der Waals surface area (Å²) in [5.74, 6) is 1.40. The second-order valence-corrected chi connectivity index (χ2v) is 4.71. The lowest BCUT2D eigenvalue weighted by Crippen LogP contribution is -2.40. The van der Waals surface area contributed by atoms with Crippen LogP contribution in [0, 0.1) is 0 Å². The van der Waals surface area contributed by atoms with Gasteiger partial charge in [-0.1, -0.05) is 5.16 Å². The molecule has 1 aromatic rings. The molecule has 1 fully saturated rings. The predicted octanol–water partition coefficient (Wildman–Crippen LogP) is 0.655. The van der Waals surface area contributed by atoms with E-state index in [0.717, 1.165) is 31.5 Å². The van der Waals surface area contributed by atoms with E-state index in [9.17, 15) is 0 Å². The maximum Gasteiger partial charge on any atom is 0.234 e. The van der Waals surface area contributed by atoms with Gasteiger partial charge in [-0.3, -0.25) is 0 Å². The van der Waals surface area contributed by atoms with E-state index >= 15 is 0 Å². The van der Waals surface area contributed by atoms with Crippen molar-refractivity contribution in [2.45, 2.75) is 31.1 Å². The van der Waals surface area contributed by atoms with Gasteiger partial charge in [-0.25, -0.2) is 0 Å². The van der Waals surface area contributed by atoms with Crippen molar-refractivity contribution >= 4 is 0 Å². The standard InChI is InChI=1S/C12H21N3O3/c1-16-6-2-3-10-14-11(18-15-10)12(9-13)4-7-17-8-5-12/h2-9,13H2,1H3. The molecule has 0 aromatic carbocycles. The summed E-state index contributed by atoms with van der Waals surface area (Å²) in [5, 5.41) is 4.02. The van der Waals surface area contributed by atoms with Crippen LogP contribution >= 0.6 is 0 Å². The molecule has 1 aliphatic rings. The Bertz CT molecular complexity index is 361. The van der Waals surface area contributed by atoms with Crippen LogP contribution in [0.2, 0.25) is 0 Å². The summed E-state index contributed by atoms with van der Waals surface area (Å²) in [4.78, 5) is 4.48. The van der Waals surface area contributed by atoms with E-state index in [2.05, 4.69) is 10.1 Å². The predicted molar refractivity (Wildman–Crippen MR) is 65.3 cm³/mol. The molecule has 6 heteroatoms. The van der Waals surface area contributed by atoms with Crippen molar-refractivity contribution in [1.82, 2.24) is 10.1 Å². The van der Waals surface area contributed by atoms with Crippen LogP contribution in [-0.2, 0) is 21.3 Å². The van der Waals surface area contributed by atoms with Crippen molar-refractivity contribution < 1.29 is 14.0 Å². The van der Waals surface area contributed by atoms with Gasteiger partial charge in [-0.2, -0.15) is 4.98 Å². The highest BCUT2D eigenvalue weighted by molar-refractivity contribution is 5.07. The summed E-state index contributed by atoms with van der Waals surface area (Å²) in [7, 11) is 1.69. The molecular formula is C12H21N3O3. The van der Waals surface area contributed by atoms with Crippen molar-refractivity contribution in [1.29, 1.82) is 0 Å². The number of methoxy groups -OCH3 is 1. The quantitative estimate of drug-likeness (QED) is 0.752. The lowest BCUT2D eigenvalue weighted by atomic mass is 9.80. The number of nitrogens with two attached hydrogens (primary N) is 1. The Hall–Kier alpha value is -0.980. The van der Waals surface area contributed by atoms with Gasteiger partial charge in [0.05, 0.1) is 5.41 Å². The van der Waals surface area contributed by atoms with Crippen LogP contribution < -0.4 is 5.73 Å². The van der Waals surface area contributed by atoms with Crippen LogP contribution in [0.15, 0.2) is 4.52 Å². The zero-order valence-electron chi connectivity index (χ0n) is 10.9. The van der Waals surface area contributed by atoms with E-state index in [1.54, 1.807) is 7.11 Å². The molecule has 18 heavy (non-hydrogen) atoms. The first-order valence-electron chi connectivity index (χ1n) is 6.40. The Morgan fingerprint density at radius 2 is 2.17 bits per heavy atom. The number of ether oxygens (including phenoxy) is 2. The van der Waals surface area contributed by atoms with Crippen molar-refractivity contribution in [3.05, 3.63) is 11.7 Å². The van der Waals surface area contributed by atoms with E-state index in [1.807, 2.05) is 0 Å². The summed E-state index contributed by atoms with van der Waals surface area (Å²) < 4.78 is 15.8. The lowest BCUT2D eigenvalue weighted by Gasteiger charge is -2.32. The van der Waals surface area contributed by atoms with Gasteiger partial charge >= 0.3 is 0 Å². The van der Waals surface area contributed by atoms with Crippen molar-refractivity contribution in [2.24, 2.45) is 5.73 Å². The zero-order valence-corrected chi connectivity index (χ0v) is 10.9. The van der Waals surface area contributed by atoms with Crippen LogP contribution in [0.5, 0.6) is 0 Å². The fraction of sp³-hybridized carbons (Fsp3) is 0.833. The molecule has 0 atom stereocenters. The first-order valence-corrected chi connectivity index (χ1v) is 6.40. The molecule has 0 unspecified atom stereocenters. The minimum atomic E-state index is -0.190. The van der Waals surface area contributed by atoms with Gasteiger partial charge < -0.3 is 19.7 Å². The van der Waals surface area contributed by atoms with E-state index in [-0.39, 0.29) is 5.41 Å². The van der Waals surface area contributed by atoms with Crippen LogP contribution in [0.1, 0.15) is 31.0 Å². The molecule has 0 spiro atoms. The van der Waals surface area contributed by atoms with Gasteiger partial charge in [0, 0.05) is 39.9 Å². The highest BCUT2D eigenvalue weighted by Gasteiger charge is 2.38. The van der Waals surface area contributed by atoms with Crippen LogP contribution in [0.25, 0.3) is 0 Å². The first-order chi connectivity index (χ1) is 8.80. The maximum absolute atomic E-state index is 5.90. The molecule has 0 amide bonds. The SMILES string of the molecule is COCCCc1noc(C2(CN)CCOCC2)n1. The molecule has 2 heterocycles. The molecule has 2 rings (SSSR count). The smallest absolute Gasteiger partial charge is 0.234 e. The van der Waals surface area contributed by atoms with E-state index < -0.39 is 0 Å². The fourth-order valence-electron chi connectivity index (χ4n) is 2.21. The van der Waals surface area contributed by atoms with Crippen LogP contribution in [-0.4, -0.2) is 43.6 Å². The highest BCUT2D eigenvalue weighted by atomic mass is 16.5. The van der Waals surface area contributed by atoms with Gasteiger partial charge in [0.1, 0.15) is 0 Å². The molecule has 6 nitrogen and oxygen atoms in total. The van der Waals surface area contributed by atoms with Crippen molar-refractivity contribution in [3.63, 3.8) is 0 Å². The molecule has 1 aromatic heterocycles. The van der Waals surface area contributed by atoms with Crippen molar-refractivity contribution in [2.75, 3.05) is 33.5 Å². The molecule has 0 saturated carbocycles. The van der Waals surface area contributed by atoms with Crippen molar-refractivity contribution in [3.8, 4) is 0 Å². The van der Waals surface area contributed by atoms with Gasteiger partial charge in [0.15, 0.2) is 5.82 Å². The summed E-state index contributed by atoms with van der Waals surface area (Å²) in [5.41, 5.74) is 5.71. The Morgan fingerprint density at radius 3 is 2.83 bits per heavy atom. The number of aromatic nitrogens is 2. The summed E-state index contributed by atoms with van der Waals surface area (Å²) in [6.07, 6.45) is 3.37. The second-order valence-electron chi connectivity index (χ2n) is 4.71. The normalized spacial score (nSPS) is 19.0. The Balaban J connectivity index is 2.02. The first kappa shape index (κ1) is 13.5. The molecule has 0 radical (unpaired) electrons. The highest BCUT2D eigenvalue weighted by Crippen LogP contribution is 2.32. The molecule has 0 aliphatic carbocycles. The van der Waals surface area contributed by atoms with Gasteiger partial charge in [-0.05, 0) is 19.3 Å². The third-order valence-electron chi connectivity index (χ3n) is 3.51. The Kier molecular flexibility index (Phi) is 4.68. The Labute approximate surface area is 107 Å². The molecule has 102 valence electrons. The Morgan fingerprint density at radius 1 is 1.39 bits per heavy atom. The third-order valence-corrected chi connectivity index (χ3v) is 3.51. The number of hydrogen-bond donors (Lipinski definition) is 1. The minimum absolute atomic E-state index is 0.190. The minimum Gasteiger partial charge on any atom is -0.385 e. The summed E-state index contributed by atoms with van der Waals surface area (Å²) >= 11 is 0. The number of rotatable bonds is 6. The molecule has 0 bridgehead atoms. The average molecular weight is 255 g/mol. The van der Waals surface area contributed by atoms with Crippen LogP contribution in [0.3, 0.4) is 0 Å². The number of hydrogen-bond acceptors (Lipinski definition) is 6. The largest absolute Gasteiger partial charge is 0.385 e. The van der Waals surface area contributed by atoms with E-state index in [1.165, 1.54) is 0 Å². The van der Waals surface area contributed by atoms with Gasteiger partial charge in [0.2, 0.25) is 5.89 Å². The number of nitrogens with zero attached hydrogens (tertiary/aromatic N) is 2. The fourth-order valence-corrected chi connectivity index (χ4v) is 2.21. The van der Waals surface area contributed by atoms with Gasteiger partial charge in [-0.15, -0.1) is 0 Å². The zero-order chi connectivity index (χ0) is 12.8. The monoisotopic (exact) mass is 255 g/mol.